The molecule has 0 aliphatic rings. The molecule has 0 aliphatic carbocycles. The second-order valence-electron chi connectivity index (χ2n) is 4.04. The summed E-state index contributed by atoms with van der Waals surface area (Å²) in [5.41, 5.74) is 0.986. The van der Waals surface area contributed by atoms with E-state index in [1.165, 1.54) is 0 Å². The number of aliphatic hydroxyl groups is 1. The van der Waals surface area contributed by atoms with Crippen LogP contribution in [0.5, 0.6) is 5.75 Å². The van der Waals surface area contributed by atoms with Gasteiger partial charge in [-0.05, 0) is 24.1 Å². The van der Waals surface area contributed by atoms with Crippen molar-refractivity contribution in [3.63, 3.8) is 0 Å². The summed E-state index contributed by atoms with van der Waals surface area (Å²) in [6.07, 6.45) is -3.59. The number of benzene rings is 1. The molecule has 1 aromatic rings. The van der Waals surface area contributed by atoms with Gasteiger partial charge < -0.3 is 15.2 Å². The van der Waals surface area contributed by atoms with Crippen molar-refractivity contribution < 1.29 is 18.6 Å². The Balaban J connectivity index is 2.59. The van der Waals surface area contributed by atoms with Crippen molar-refractivity contribution in [2.75, 3.05) is 13.7 Å². The summed E-state index contributed by atoms with van der Waals surface area (Å²) in [5, 5.41) is 12.0. The second-order valence-corrected chi connectivity index (χ2v) is 4.04. The number of hydrogen-bond acceptors (Lipinski definition) is 3. The molecule has 0 spiro atoms. The first kappa shape index (κ1) is 14.9. The van der Waals surface area contributed by atoms with Crippen molar-refractivity contribution >= 4 is 0 Å². The summed E-state index contributed by atoms with van der Waals surface area (Å²) in [6, 6.07) is 7.36. The van der Waals surface area contributed by atoms with E-state index in [1.54, 1.807) is 7.11 Å². The fraction of sp³-hybridized carbons (Fsp3) is 0.538. The molecule has 5 heteroatoms. The molecule has 0 bridgehead atoms. The van der Waals surface area contributed by atoms with Crippen LogP contribution < -0.4 is 10.1 Å². The SMILES string of the molecule is CCC(NCC(O)C(F)F)c1ccc(OC)cc1. The van der Waals surface area contributed by atoms with Gasteiger partial charge in [-0.1, -0.05) is 19.1 Å². The maximum absolute atomic E-state index is 12.2. The molecular formula is C13H19F2NO2. The predicted molar refractivity (Wildman–Crippen MR) is 66.0 cm³/mol. The van der Waals surface area contributed by atoms with E-state index < -0.39 is 12.5 Å². The van der Waals surface area contributed by atoms with Crippen molar-refractivity contribution in [1.29, 1.82) is 0 Å². The van der Waals surface area contributed by atoms with Crippen LogP contribution in [-0.4, -0.2) is 31.3 Å². The van der Waals surface area contributed by atoms with E-state index in [0.717, 1.165) is 17.7 Å². The number of hydrogen-bond donors (Lipinski definition) is 2. The molecule has 0 saturated carbocycles. The third kappa shape index (κ3) is 4.23. The fourth-order valence-electron chi connectivity index (χ4n) is 1.69. The lowest BCUT2D eigenvalue weighted by Gasteiger charge is -2.19. The van der Waals surface area contributed by atoms with Gasteiger partial charge >= 0.3 is 0 Å². The van der Waals surface area contributed by atoms with Crippen molar-refractivity contribution in [3.05, 3.63) is 29.8 Å². The molecule has 0 aromatic heterocycles. The van der Waals surface area contributed by atoms with Gasteiger partial charge in [0, 0.05) is 12.6 Å². The van der Waals surface area contributed by atoms with E-state index in [9.17, 15) is 8.78 Å². The normalized spacial score (nSPS) is 14.6. The van der Waals surface area contributed by atoms with Crippen LogP contribution in [0.15, 0.2) is 24.3 Å². The molecule has 1 aromatic carbocycles. The molecule has 0 heterocycles. The van der Waals surface area contributed by atoms with Crippen molar-refractivity contribution in [1.82, 2.24) is 5.32 Å². The van der Waals surface area contributed by atoms with Gasteiger partial charge in [-0.3, -0.25) is 0 Å². The molecule has 102 valence electrons. The topological polar surface area (TPSA) is 41.5 Å². The Labute approximate surface area is 106 Å². The Morgan fingerprint density at radius 2 is 1.89 bits per heavy atom. The Bertz CT molecular complexity index is 343. The van der Waals surface area contributed by atoms with E-state index >= 15 is 0 Å². The third-order valence-electron chi connectivity index (χ3n) is 2.79. The number of alkyl halides is 2. The highest BCUT2D eigenvalue weighted by atomic mass is 19.3. The fourth-order valence-corrected chi connectivity index (χ4v) is 1.69. The van der Waals surface area contributed by atoms with Crippen molar-refractivity contribution in [2.24, 2.45) is 0 Å². The van der Waals surface area contributed by atoms with Crippen LogP contribution in [0.4, 0.5) is 8.78 Å². The molecule has 2 N–H and O–H groups in total. The Hall–Kier alpha value is -1.20. The van der Waals surface area contributed by atoms with Crippen LogP contribution in [0.25, 0.3) is 0 Å². The van der Waals surface area contributed by atoms with Gasteiger partial charge in [0.2, 0.25) is 0 Å². The Morgan fingerprint density at radius 1 is 1.28 bits per heavy atom. The molecule has 0 aliphatic heterocycles. The van der Waals surface area contributed by atoms with Crippen LogP contribution >= 0.6 is 0 Å². The highest BCUT2D eigenvalue weighted by Crippen LogP contribution is 2.20. The zero-order valence-corrected chi connectivity index (χ0v) is 10.6. The largest absolute Gasteiger partial charge is 0.497 e. The average molecular weight is 259 g/mol. The molecule has 2 unspecified atom stereocenters. The third-order valence-corrected chi connectivity index (χ3v) is 2.79. The van der Waals surface area contributed by atoms with E-state index in [-0.39, 0.29) is 12.6 Å². The highest BCUT2D eigenvalue weighted by molar-refractivity contribution is 5.29. The molecule has 2 atom stereocenters. The number of nitrogens with one attached hydrogen (secondary N) is 1. The van der Waals surface area contributed by atoms with Gasteiger partial charge in [0.05, 0.1) is 7.11 Å². The van der Waals surface area contributed by atoms with E-state index in [1.807, 2.05) is 31.2 Å². The lowest BCUT2D eigenvalue weighted by molar-refractivity contribution is -0.00471. The van der Waals surface area contributed by atoms with Crippen LogP contribution in [0.3, 0.4) is 0 Å². The average Bonchev–Trinajstić information content (AvgIpc) is 2.39. The number of halogens is 2. The number of methoxy groups -OCH3 is 1. The van der Waals surface area contributed by atoms with Crippen LogP contribution in [-0.2, 0) is 0 Å². The first-order valence-electron chi connectivity index (χ1n) is 5.92. The molecule has 18 heavy (non-hydrogen) atoms. The molecule has 0 fully saturated rings. The molecule has 0 amide bonds. The zero-order chi connectivity index (χ0) is 13.5. The lowest BCUT2D eigenvalue weighted by Crippen LogP contribution is -2.34. The summed E-state index contributed by atoms with van der Waals surface area (Å²) in [4.78, 5) is 0. The zero-order valence-electron chi connectivity index (χ0n) is 10.6. The minimum absolute atomic E-state index is 0.0516. The summed E-state index contributed by atoms with van der Waals surface area (Å²) in [5.74, 6) is 0.751. The Kier molecular flexibility index (Phi) is 6.01. The van der Waals surface area contributed by atoms with Gasteiger partial charge in [0.25, 0.3) is 6.43 Å². The predicted octanol–water partition coefficient (Wildman–Crippen LogP) is 2.36. The number of ether oxygens (including phenoxy) is 1. The van der Waals surface area contributed by atoms with Gasteiger partial charge in [-0.25, -0.2) is 8.78 Å². The minimum Gasteiger partial charge on any atom is -0.497 e. The first-order valence-corrected chi connectivity index (χ1v) is 5.92. The van der Waals surface area contributed by atoms with Gasteiger partial charge in [0.15, 0.2) is 0 Å². The second kappa shape index (κ2) is 7.28. The summed E-state index contributed by atoms with van der Waals surface area (Å²) in [7, 11) is 1.59. The van der Waals surface area contributed by atoms with Gasteiger partial charge in [-0.15, -0.1) is 0 Å². The molecule has 0 saturated heterocycles. The summed E-state index contributed by atoms with van der Waals surface area (Å²) >= 11 is 0. The van der Waals surface area contributed by atoms with E-state index in [4.69, 9.17) is 9.84 Å². The van der Waals surface area contributed by atoms with Crippen LogP contribution in [0.2, 0.25) is 0 Å². The molecule has 1 rings (SSSR count). The number of aliphatic hydroxyl groups excluding tert-OH is 1. The maximum atomic E-state index is 12.2. The maximum Gasteiger partial charge on any atom is 0.265 e. The van der Waals surface area contributed by atoms with Crippen LogP contribution in [0, 0.1) is 0 Å². The minimum atomic E-state index is -2.72. The first-order chi connectivity index (χ1) is 8.58. The van der Waals surface area contributed by atoms with Crippen LogP contribution in [0.1, 0.15) is 24.9 Å². The van der Waals surface area contributed by atoms with Gasteiger partial charge in [0.1, 0.15) is 11.9 Å². The lowest BCUT2D eigenvalue weighted by atomic mass is 10.0. The molecule has 0 radical (unpaired) electrons. The molecule has 3 nitrogen and oxygen atoms in total. The van der Waals surface area contributed by atoms with Crippen molar-refractivity contribution in [2.45, 2.75) is 31.9 Å². The standard InChI is InChI=1S/C13H19F2NO2/c1-3-11(16-8-12(17)13(14)15)9-4-6-10(18-2)7-5-9/h4-7,11-13,16-17H,3,8H2,1-2H3. The highest BCUT2D eigenvalue weighted by Gasteiger charge is 2.18. The van der Waals surface area contributed by atoms with E-state index in [0.29, 0.717) is 0 Å². The van der Waals surface area contributed by atoms with Crippen molar-refractivity contribution in [3.8, 4) is 5.75 Å². The summed E-state index contributed by atoms with van der Waals surface area (Å²) in [6.45, 7) is 1.83. The van der Waals surface area contributed by atoms with E-state index in [2.05, 4.69) is 5.32 Å². The monoisotopic (exact) mass is 259 g/mol. The Morgan fingerprint density at radius 3 is 2.33 bits per heavy atom. The summed E-state index contributed by atoms with van der Waals surface area (Å²) < 4.78 is 29.4. The smallest absolute Gasteiger partial charge is 0.265 e. The molecular weight excluding hydrogens is 240 g/mol. The van der Waals surface area contributed by atoms with Gasteiger partial charge in [-0.2, -0.15) is 0 Å². The number of rotatable bonds is 7. The quantitative estimate of drug-likeness (QED) is 0.790.